The number of benzene rings is 1. The van der Waals surface area contributed by atoms with E-state index >= 15 is 0 Å². The van der Waals surface area contributed by atoms with Crippen molar-refractivity contribution in [3.05, 3.63) is 36.0 Å². The fourth-order valence-corrected chi connectivity index (χ4v) is 2.29. The van der Waals surface area contributed by atoms with Gasteiger partial charge in [0.1, 0.15) is 0 Å². The van der Waals surface area contributed by atoms with E-state index in [1.807, 2.05) is 0 Å². The van der Waals surface area contributed by atoms with Crippen molar-refractivity contribution in [3.8, 4) is 6.07 Å². The topological polar surface area (TPSA) is 40.8 Å². The molecule has 1 N–H and O–H groups in total. The summed E-state index contributed by atoms with van der Waals surface area (Å²) in [6.45, 7) is 2.93. The Labute approximate surface area is 108 Å². The van der Waals surface area contributed by atoms with Gasteiger partial charge in [-0.25, -0.2) is 0 Å². The maximum Gasteiger partial charge on any atom is 0.0638 e. The molecule has 0 spiro atoms. The van der Waals surface area contributed by atoms with E-state index in [-0.39, 0.29) is 6.04 Å². The summed E-state index contributed by atoms with van der Waals surface area (Å²) in [5, 5.41) is 13.5. The van der Waals surface area contributed by atoms with Gasteiger partial charge in [0.15, 0.2) is 0 Å². The highest BCUT2D eigenvalue weighted by Gasteiger charge is 2.08. The highest BCUT2D eigenvalue weighted by molar-refractivity contribution is 5.83. The van der Waals surface area contributed by atoms with Crippen LogP contribution in [0.3, 0.4) is 0 Å². The van der Waals surface area contributed by atoms with Gasteiger partial charge in [-0.05, 0) is 18.1 Å². The minimum absolute atomic E-state index is 0.286. The third kappa shape index (κ3) is 2.55. The van der Waals surface area contributed by atoms with Gasteiger partial charge in [-0.2, -0.15) is 5.26 Å². The second kappa shape index (κ2) is 5.70. The first kappa shape index (κ1) is 12.7. The van der Waals surface area contributed by atoms with Crippen molar-refractivity contribution < 1.29 is 0 Å². The summed E-state index contributed by atoms with van der Waals surface area (Å²) in [5.74, 6) is 0. The number of rotatable bonds is 5. The summed E-state index contributed by atoms with van der Waals surface area (Å²) >= 11 is 0. The predicted molar refractivity (Wildman–Crippen MR) is 74.1 cm³/mol. The Bertz CT molecular complexity index is 563. The highest BCUT2D eigenvalue weighted by atomic mass is 14.9. The smallest absolute Gasteiger partial charge is 0.0638 e. The summed E-state index contributed by atoms with van der Waals surface area (Å²) in [6.07, 6.45) is 3.72. The van der Waals surface area contributed by atoms with Gasteiger partial charge in [0.2, 0.25) is 0 Å². The van der Waals surface area contributed by atoms with E-state index in [2.05, 4.69) is 60.4 Å². The lowest BCUT2D eigenvalue weighted by molar-refractivity contribution is 0.506. The summed E-state index contributed by atoms with van der Waals surface area (Å²) in [7, 11) is 2.07. The summed E-state index contributed by atoms with van der Waals surface area (Å²) < 4.78 is 2.15. The molecule has 0 amide bonds. The van der Waals surface area contributed by atoms with Crippen LogP contribution in [0.4, 0.5) is 0 Å². The number of hydrogen-bond acceptors (Lipinski definition) is 2. The lowest BCUT2D eigenvalue weighted by Crippen LogP contribution is -2.27. The van der Waals surface area contributed by atoms with Crippen LogP contribution in [-0.4, -0.2) is 10.6 Å². The fraction of sp³-hybridized carbons (Fsp3) is 0.400. The molecule has 2 rings (SSSR count). The SMILES string of the molecule is CCC(CC#N)NCc1cn(C)c2ccccc12. The zero-order valence-electron chi connectivity index (χ0n) is 11.0. The van der Waals surface area contributed by atoms with Gasteiger partial charge in [-0.15, -0.1) is 0 Å². The Morgan fingerprint density at radius 1 is 1.39 bits per heavy atom. The molecular weight excluding hydrogens is 222 g/mol. The molecule has 0 saturated heterocycles. The molecule has 94 valence electrons. The molecular formula is C15H19N3. The van der Waals surface area contributed by atoms with Crippen molar-refractivity contribution in [1.29, 1.82) is 5.26 Å². The Balaban J connectivity index is 2.15. The number of para-hydroxylation sites is 1. The fourth-order valence-electron chi connectivity index (χ4n) is 2.29. The molecule has 0 aliphatic carbocycles. The molecule has 0 fully saturated rings. The molecule has 1 aromatic carbocycles. The van der Waals surface area contributed by atoms with E-state index in [1.54, 1.807) is 0 Å². The minimum Gasteiger partial charge on any atom is -0.350 e. The van der Waals surface area contributed by atoms with E-state index < -0.39 is 0 Å². The van der Waals surface area contributed by atoms with Gasteiger partial charge in [0, 0.05) is 36.7 Å². The molecule has 1 unspecified atom stereocenters. The van der Waals surface area contributed by atoms with E-state index in [0.29, 0.717) is 6.42 Å². The van der Waals surface area contributed by atoms with Crippen molar-refractivity contribution in [3.63, 3.8) is 0 Å². The Kier molecular flexibility index (Phi) is 4.01. The molecule has 1 aromatic heterocycles. The van der Waals surface area contributed by atoms with Gasteiger partial charge in [0.05, 0.1) is 12.5 Å². The lowest BCUT2D eigenvalue weighted by atomic mass is 10.1. The van der Waals surface area contributed by atoms with Crippen molar-refractivity contribution >= 4 is 10.9 Å². The van der Waals surface area contributed by atoms with E-state index in [0.717, 1.165) is 13.0 Å². The zero-order valence-corrected chi connectivity index (χ0v) is 11.0. The first-order valence-electron chi connectivity index (χ1n) is 6.39. The number of nitrogens with zero attached hydrogens (tertiary/aromatic N) is 2. The third-order valence-corrected chi connectivity index (χ3v) is 3.39. The van der Waals surface area contributed by atoms with Crippen LogP contribution in [0.15, 0.2) is 30.5 Å². The largest absolute Gasteiger partial charge is 0.350 e. The summed E-state index contributed by atoms with van der Waals surface area (Å²) in [4.78, 5) is 0. The summed E-state index contributed by atoms with van der Waals surface area (Å²) in [6, 6.07) is 10.9. The van der Waals surface area contributed by atoms with Crippen molar-refractivity contribution in [1.82, 2.24) is 9.88 Å². The summed E-state index contributed by atoms with van der Waals surface area (Å²) in [5.41, 5.74) is 2.55. The molecule has 1 atom stereocenters. The van der Waals surface area contributed by atoms with Crippen LogP contribution in [0.1, 0.15) is 25.3 Å². The van der Waals surface area contributed by atoms with Gasteiger partial charge < -0.3 is 9.88 Å². The zero-order chi connectivity index (χ0) is 13.0. The van der Waals surface area contributed by atoms with Crippen LogP contribution >= 0.6 is 0 Å². The van der Waals surface area contributed by atoms with E-state index in [4.69, 9.17) is 5.26 Å². The molecule has 3 nitrogen and oxygen atoms in total. The van der Waals surface area contributed by atoms with Crippen LogP contribution in [0.25, 0.3) is 10.9 Å². The third-order valence-electron chi connectivity index (χ3n) is 3.39. The number of nitriles is 1. The number of aryl methyl sites for hydroxylation is 1. The first-order valence-corrected chi connectivity index (χ1v) is 6.39. The van der Waals surface area contributed by atoms with Crippen molar-refractivity contribution in [2.24, 2.45) is 7.05 Å². The minimum atomic E-state index is 0.286. The first-order chi connectivity index (χ1) is 8.76. The second-order valence-electron chi connectivity index (χ2n) is 4.63. The maximum atomic E-state index is 8.75. The normalized spacial score (nSPS) is 12.5. The molecule has 18 heavy (non-hydrogen) atoms. The van der Waals surface area contributed by atoms with E-state index in [9.17, 15) is 0 Å². The van der Waals surface area contributed by atoms with Crippen molar-refractivity contribution in [2.75, 3.05) is 0 Å². The van der Waals surface area contributed by atoms with Crippen LogP contribution < -0.4 is 5.32 Å². The van der Waals surface area contributed by atoms with Gasteiger partial charge in [-0.3, -0.25) is 0 Å². The average molecular weight is 241 g/mol. The van der Waals surface area contributed by atoms with Crippen LogP contribution in [0.5, 0.6) is 0 Å². The van der Waals surface area contributed by atoms with Crippen molar-refractivity contribution in [2.45, 2.75) is 32.4 Å². The van der Waals surface area contributed by atoms with Gasteiger partial charge in [0.25, 0.3) is 0 Å². The number of hydrogen-bond donors (Lipinski definition) is 1. The Morgan fingerprint density at radius 2 is 2.17 bits per heavy atom. The number of fused-ring (bicyclic) bond motifs is 1. The Hall–Kier alpha value is -1.79. The maximum absolute atomic E-state index is 8.75. The molecule has 0 saturated carbocycles. The number of aromatic nitrogens is 1. The lowest BCUT2D eigenvalue weighted by Gasteiger charge is -2.12. The Morgan fingerprint density at radius 3 is 2.89 bits per heavy atom. The van der Waals surface area contributed by atoms with Gasteiger partial charge >= 0.3 is 0 Å². The quantitative estimate of drug-likeness (QED) is 0.874. The van der Waals surface area contributed by atoms with Crippen LogP contribution in [0, 0.1) is 11.3 Å². The standard InChI is InChI=1S/C15H19N3/c1-3-13(8-9-16)17-10-12-11-18(2)15-7-5-4-6-14(12)15/h4-7,11,13,17H,3,8,10H2,1-2H3. The number of nitrogens with one attached hydrogen (secondary N) is 1. The molecule has 2 aromatic rings. The molecule has 0 bridgehead atoms. The van der Waals surface area contributed by atoms with Gasteiger partial charge in [-0.1, -0.05) is 25.1 Å². The molecule has 0 aliphatic heterocycles. The highest BCUT2D eigenvalue weighted by Crippen LogP contribution is 2.20. The molecule has 0 aliphatic rings. The predicted octanol–water partition coefficient (Wildman–Crippen LogP) is 2.96. The van der Waals surface area contributed by atoms with Crippen LogP contribution in [-0.2, 0) is 13.6 Å². The molecule has 1 heterocycles. The average Bonchev–Trinajstić information content (AvgIpc) is 2.72. The molecule has 0 radical (unpaired) electrons. The second-order valence-corrected chi connectivity index (χ2v) is 4.63. The van der Waals surface area contributed by atoms with Crippen LogP contribution in [0.2, 0.25) is 0 Å². The van der Waals surface area contributed by atoms with E-state index in [1.165, 1.54) is 16.5 Å². The molecule has 3 heteroatoms. The monoisotopic (exact) mass is 241 g/mol.